The highest BCUT2D eigenvalue weighted by Gasteiger charge is 2.18. The van der Waals surface area contributed by atoms with E-state index in [0.29, 0.717) is 17.7 Å². The van der Waals surface area contributed by atoms with Crippen LogP contribution in [0.1, 0.15) is 36.0 Å². The predicted octanol–water partition coefficient (Wildman–Crippen LogP) is 2.78. The third kappa shape index (κ3) is 6.01. The molecular weight excluding hydrogens is 348 g/mol. The highest BCUT2D eigenvalue weighted by atomic mass is 32.2. The fourth-order valence-electron chi connectivity index (χ4n) is 2.69. The molecule has 5 nitrogen and oxygen atoms in total. The first-order valence-corrected chi connectivity index (χ1v) is 10.3. The van der Waals surface area contributed by atoms with Crippen molar-refractivity contribution in [2.24, 2.45) is 0 Å². The van der Waals surface area contributed by atoms with Crippen LogP contribution < -0.4 is 5.32 Å². The van der Waals surface area contributed by atoms with Crippen LogP contribution in [0.2, 0.25) is 0 Å². The number of hydrogen-bond acceptors (Lipinski definition) is 4. The summed E-state index contributed by atoms with van der Waals surface area (Å²) in [7, 11) is -3.57. The quantitative estimate of drug-likeness (QED) is 0.774. The first kappa shape index (κ1) is 19.7. The molecule has 1 unspecified atom stereocenters. The number of amides is 1. The van der Waals surface area contributed by atoms with Crippen molar-refractivity contribution in [1.82, 2.24) is 5.32 Å². The highest BCUT2D eigenvalue weighted by Crippen LogP contribution is 2.18. The summed E-state index contributed by atoms with van der Waals surface area (Å²) < 4.78 is 24.4. The van der Waals surface area contributed by atoms with Gasteiger partial charge in [-0.1, -0.05) is 49.4 Å². The van der Waals surface area contributed by atoms with Gasteiger partial charge in [-0.05, 0) is 29.7 Å². The monoisotopic (exact) mass is 370 g/mol. The van der Waals surface area contributed by atoms with E-state index >= 15 is 0 Å². The van der Waals surface area contributed by atoms with Gasteiger partial charge in [0.25, 0.3) is 0 Å². The Morgan fingerprint density at radius 2 is 1.77 bits per heavy atom. The van der Waals surface area contributed by atoms with Gasteiger partial charge in [-0.25, -0.2) is 8.42 Å². The Balaban J connectivity index is 1.90. The standard InChI is InChI=1S/C20H22N2O3S/c1-2-18(19-6-4-3-5-7-19)13-22-20(23)15-26(24,25)14-17-10-8-16(12-21)9-11-17/h3-11,18H,2,13-15H2,1H3,(H,22,23). The number of carbonyl (C=O) groups excluding carboxylic acids is 1. The van der Waals surface area contributed by atoms with Crippen molar-refractivity contribution in [3.05, 3.63) is 71.3 Å². The maximum Gasteiger partial charge on any atom is 0.235 e. The zero-order valence-corrected chi connectivity index (χ0v) is 15.5. The number of carbonyl (C=O) groups is 1. The van der Waals surface area contributed by atoms with Crippen molar-refractivity contribution < 1.29 is 13.2 Å². The Labute approximate surface area is 154 Å². The Morgan fingerprint density at radius 3 is 2.35 bits per heavy atom. The van der Waals surface area contributed by atoms with Gasteiger partial charge in [-0.2, -0.15) is 5.26 Å². The SMILES string of the molecule is CCC(CNC(=O)CS(=O)(=O)Cc1ccc(C#N)cc1)c1ccccc1. The maximum absolute atomic E-state index is 12.2. The van der Waals surface area contributed by atoms with Gasteiger partial charge >= 0.3 is 0 Å². The largest absolute Gasteiger partial charge is 0.355 e. The molecule has 2 rings (SSSR count). The van der Waals surface area contributed by atoms with E-state index in [1.807, 2.05) is 43.3 Å². The van der Waals surface area contributed by atoms with Crippen LogP contribution in [-0.4, -0.2) is 26.6 Å². The van der Waals surface area contributed by atoms with Crippen LogP contribution in [0.3, 0.4) is 0 Å². The number of rotatable bonds is 8. The molecule has 1 atom stereocenters. The summed E-state index contributed by atoms with van der Waals surface area (Å²) >= 11 is 0. The van der Waals surface area contributed by atoms with Crippen molar-refractivity contribution in [1.29, 1.82) is 5.26 Å². The first-order chi connectivity index (χ1) is 12.4. The van der Waals surface area contributed by atoms with E-state index in [9.17, 15) is 13.2 Å². The topological polar surface area (TPSA) is 87.0 Å². The van der Waals surface area contributed by atoms with Gasteiger partial charge in [0.05, 0.1) is 17.4 Å². The Kier molecular flexibility index (Phi) is 6.93. The summed E-state index contributed by atoms with van der Waals surface area (Å²) in [6, 6.07) is 18.1. The molecule has 136 valence electrons. The van der Waals surface area contributed by atoms with Crippen LogP contribution in [0.5, 0.6) is 0 Å². The summed E-state index contributed by atoms with van der Waals surface area (Å²) in [4.78, 5) is 12.1. The zero-order chi connectivity index (χ0) is 19.0. The van der Waals surface area contributed by atoms with Crippen LogP contribution in [0.4, 0.5) is 0 Å². The van der Waals surface area contributed by atoms with Gasteiger partial charge < -0.3 is 5.32 Å². The van der Waals surface area contributed by atoms with Gasteiger partial charge in [0.1, 0.15) is 5.75 Å². The molecule has 0 aliphatic carbocycles. The van der Waals surface area contributed by atoms with Crippen molar-refractivity contribution in [3.63, 3.8) is 0 Å². The van der Waals surface area contributed by atoms with Crippen LogP contribution >= 0.6 is 0 Å². The second-order valence-electron chi connectivity index (χ2n) is 6.16. The van der Waals surface area contributed by atoms with Crippen molar-refractivity contribution >= 4 is 15.7 Å². The first-order valence-electron chi connectivity index (χ1n) is 8.44. The molecule has 0 aliphatic rings. The lowest BCUT2D eigenvalue weighted by atomic mass is 9.96. The molecule has 1 N–H and O–H groups in total. The van der Waals surface area contributed by atoms with E-state index in [1.165, 1.54) is 0 Å². The van der Waals surface area contributed by atoms with Crippen LogP contribution in [0.15, 0.2) is 54.6 Å². The lowest BCUT2D eigenvalue weighted by Crippen LogP contribution is -2.33. The fourth-order valence-corrected chi connectivity index (χ4v) is 4.00. The third-order valence-electron chi connectivity index (χ3n) is 4.13. The molecule has 0 saturated heterocycles. The molecule has 2 aromatic carbocycles. The van der Waals surface area contributed by atoms with E-state index in [1.54, 1.807) is 24.3 Å². The minimum absolute atomic E-state index is 0.154. The summed E-state index contributed by atoms with van der Waals surface area (Å²) in [5.41, 5.74) is 2.15. The molecule has 6 heteroatoms. The molecule has 2 aromatic rings. The summed E-state index contributed by atoms with van der Waals surface area (Å²) in [6.07, 6.45) is 0.849. The van der Waals surface area contributed by atoms with E-state index in [-0.39, 0.29) is 11.7 Å². The Morgan fingerprint density at radius 1 is 1.12 bits per heavy atom. The summed E-state index contributed by atoms with van der Waals surface area (Å²) in [6.45, 7) is 2.44. The second kappa shape index (κ2) is 9.16. The van der Waals surface area contributed by atoms with Crippen molar-refractivity contribution in [2.45, 2.75) is 25.0 Å². The number of benzene rings is 2. The number of nitrogens with zero attached hydrogens (tertiary/aromatic N) is 1. The molecule has 0 radical (unpaired) electrons. The van der Waals surface area contributed by atoms with Gasteiger partial charge in [0.15, 0.2) is 9.84 Å². The average molecular weight is 370 g/mol. The molecule has 0 saturated carbocycles. The molecule has 0 spiro atoms. The lowest BCUT2D eigenvalue weighted by molar-refractivity contribution is -0.118. The maximum atomic E-state index is 12.2. The normalized spacial score (nSPS) is 12.2. The number of hydrogen-bond donors (Lipinski definition) is 1. The molecule has 0 bridgehead atoms. The lowest BCUT2D eigenvalue weighted by Gasteiger charge is -2.16. The number of nitriles is 1. The fraction of sp³-hybridized carbons (Fsp3) is 0.300. The van der Waals surface area contributed by atoms with Crippen molar-refractivity contribution in [3.8, 4) is 6.07 Å². The Hall–Kier alpha value is -2.65. The number of nitrogens with one attached hydrogen (secondary N) is 1. The van der Waals surface area contributed by atoms with Gasteiger partial charge in [-0.15, -0.1) is 0 Å². The average Bonchev–Trinajstić information content (AvgIpc) is 2.63. The van der Waals surface area contributed by atoms with E-state index in [2.05, 4.69) is 5.32 Å². The molecule has 0 aliphatic heterocycles. The van der Waals surface area contributed by atoms with E-state index < -0.39 is 21.5 Å². The third-order valence-corrected chi connectivity index (χ3v) is 5.61. The van der Waals surface area contributed by atoms with E-state index in [0.717, 1.165) is 12.0 Å². The minimum atomic E-state index is -3.57. The minimum Gasteiger partial charge on any atom is -0.355 e. The van der Waals surface area contributed by atoms with Gasteiger partial charge in [-0.3, -0.25) is 4.79 Å². The zero-order valence-electron chi connectivity index (χ0n) is 14.7. The molecule has 0 aromatic heterocycles. The van der Waals surface area contributed by atoms with Gasteiger partial charge in [0, 0.05) is 12.5 Å². The van der Waals surface area contributed by atoms with Crippen LogP contribution in [0, 0.1) is 11.3 Å². The second-order valence-corrected chi connectivity index (χ2v) is 8.23. The molecule has 1 amide bonds. The predicted molar refractivity (Wildman–Crippen MR) is 101 cm³/mol. The highest BCUT2D eigenvalue weighted by molar-refractivity contribution is 7.91. The van der Waals surface area contributed by atoms with Crippen molar-refractivity contribution in [2.75, 3.05) is 12.3 Å². The smallest absolute Gasteiger partial charge is 0.235 e. The molecular formula is C20H22N2O3S. The molecule has 0 fully saturated rings. The summed E-state index contributed by atoms with van der Waals surface area (Å²) in [5, 5.41) is 11.5. The van der Waals surface area contributed by atoms with Crippen LogP contribution in [0.25, 0.3) is 0 Å². The molecule has 0 heterocycles. The van der Waals surface area contributed by atoms with Gasteiger partial charge in [0.2, 0.25) is 5.91 Å². The number of sulfone groups is 1. The van der Waals surface area contributed by atoms with Crippen LogP contribution in [-0.2, 0) is 20.4 Å². The Bertz CT molecular complexity index is 870. The van der Waals surface area contributed by atoms with E-state index in [4.69, 9.17) is 5.26 Å². The molecule has 26 heavy (non-hydrogen) atoms. The summed E-state index contributed by atoms with van der Waals surface area (Å²) in [5.74, 6) is -1.10.